The molecule has 0 radical (unpaired) electrons. The van der Waals surface area contributed by atoms with Gasteiger partial charge in [-0.1, -0.05) is 62.4 Å². The molecule has 3 N–H and O–H groups in total. The van der Waals surface area contributed by atoms with E-state index >= 15 is 0 Å². The fourth-order valence-electron chi connectivity index (χ4n) is 8.55. The van der Waals surface area contributed by atoms with Crippen molar-refractivity contribution in [1.29, 1.82) is 0 Å². The lowest BCUT2D eigenvalue weighted by atomic mass is 9.82. The standard InChI is InChI=1S/C47H70FNO14/c1-10-37(52)61-45-31(5)59-39(27-47(45,6)55)62-42-30(4)60-46(41(54)40(42)49(7)8)63-43-33(22-23-50)25-28(2)35(51)17-13-11-12-15-29(3)58-38(53)26-36(44(43)56-9)57-24-14-16-32-18-20-34(48)21-19-32/h11-14,16-21,23,28-31,33,35-36,39-46,51,54-55H,10,15,22,24-27H2,1-9H3/b12-11+,16-14+,17-13+/t28-,29-,30-,31+,33+,35+,36-,39+,40-,41-,42-,43+,44+,45+,46+,47-/m1/s1. The molecule has 16 heteroatoms. The van der Waals surface area contributed by atoms with E-state index in [0.717, 1.165) is 11.8 Å². The predicted octanol–water partition coefficient (Wildman–Crippen LogP) is 4.68. The summed E-state index contributed by atoms with van der Waals surface area (Å²) in [7, 11) is 4.96. The number of rotatable bonds is 14. The summed E-state index contributed by atoms with van der Waals surface area (Å²) in [5.74, 6) is -2.45. The van der Waals surface area contributed by atoms with E-state index in [1.807, 2.05) is 13.0 Å². The van der Waals surface area contributed by atoms with E-state index in [-0.39, 0.29) is 50.4 Å². The predicted molar refractivity (Wildman–Crippen MR) is 230 cm³/mol. The van der Waals surface area contributed by atoms with Crippen LogP contribution in [0.3, 0.4) is 0 Å². The van der Waals surface area contributed by atoms with Crippen molar-refractivity contribution in [2.75, 3.05) is 27.8 Å². The molecule has 1 aromatic carbocycles. The summed E-state index contributed by atoms with van der Waals surface area (Å²) < 4.78 is 63.3. The average Bonchev–Trinajstić information content (AvgIpc) is 3.21. The second-order valence-corrected chi connectivity index (χ2v) is 17.4. The first-order chi connectivity index (χ1) is 29.9. The molecule has 0 unspecified atom stereocenters. The van der Waals surface area contributed by atoms with Gasteiger partial charge in [0.2, 0.25) is 0 Å². The normalized spacial score (nSPS) is 38.5. The smallest absolute Gasteiger partial charge is 0.308 e. The second kappa shape index (κ2) is 24.8. The Balaban J connectivity index is 1.69. The minimum atomic E-state index is -1.49. The lowest BCUT2D eigenvalue weighted by Crippen LogP contribution is -2.66. The van der Waals surface area contributed by atoms with Crippen molar-refractivity contribution in [3.8, 4) is 0 Å². The minimum Gasteiger partial charge on any atom is -0.462 e. The Labute approximate surface area is 371 Å². The summed E-state index contributed by atoms with van der Waals surface area (Å²) in [6.45, 7) is 10.3. The van der Waals surface area contributed by atoms with Crippen LogP contribution < -0.4 is 0 Å². The van der Waals surface area contributed by atoms with Crippen LogP contribution in [0.1, 0.15) is 85.6 Å². The Bertz CT molecular complexity index is 1670. The number of hydrogen-bond acceptors (Lipinski definition) is 15. The number of allylic oxidation sites excluding steroid dienone is 2. The molecule has 3 aliphatic rings. The van der Waals surface area contributed by atoms with Gasteiger partial charge in [-0.3, -0.25) is 9.59 Å². The molecule has 63 heavy (non-hydrogen) atoms. The van der Waals surface area contributed by atoms with Gasteiger partial charge in [0, 0.05) is 32.8 Å². The monoisotopic (exact) mass is 891 g/mol. The largest absolute Gasteiger partial charge is 0.462 e. The second-order valence-electron chi connectivity index (χ2n) is 17.4. The number of carbonyl (C=O) groups is 3. The number of halogens is 1. The molecule has 1 aromatic rings. The Morgan fingerprint density at radius 1 is 1.02 bits per heavy atom. The number of aliphatic hydroxyl groups is 3. The first kappa shape index (κ1) is 52.2. The summed E-state index contributed by atoms with van der Waals surface area (Å²) in [6.07, 6.45) is 0.191. The molecule has 0 spiro atoms. The molecular weight excluding hydrogens is 822 g/mol. The van der Waals surface area contributed by atoms with Crippen LogP contribution in [0.25, 0.3) is 6.08 Å². The van der Waals surface area contributed by atoms with Crippen molar-refractivity contribution in [2.24, 2.45) is 11.8 Å². The summed E-state index contributed by atoms with van der Waals surface area (Å²) in [5, 5.41) is 34.8. The molecule has 0 aromatic heterocycles. The van der Waals surface area contributed by atoms with Crippen molar-refractivity contribution in [3.05, 3.63) is 66.0 Å². The maximum atomic E-state index is 13.6. The third kappa shape index (κ3) is 15.1. The fourth-order valence-corrected chi connectivity index (χ4v) is 8.55. The van der Waals surface area contributed by atoms with E-state index in [4.69, 9.17) is 37.9 Å². The number of methoxy groups -OCH3 is 1. The molecule has 16 atom stereocenters. The molecular formula is C47H70FNO14. The number of hydrogen-bond donors (Lipinski definition) is 3. The third-order valence-corrected chi connectivity index (χ3v) is 11.9. The van der Waals surface area contributed by atoms with Gasteiger partial charge >= 0.3 is 11.9 Å². The molecule has 3 aliphatic heterocycles. The molecule has 4 rings (SSSR count). The van der Waals surface area contributed by atoms with Crippen LogP contribution >= 0.6 is 0 Å². The lowest BCUT2D eigenvalue weighted by molar-refractivity contribution is -0.344. The molecule has 3 heterocycles. The van der Waals surface area contributed by atoms with Crippen LogP contribution in [0.2, 0.25) is 0 Å². The van der Waals surface area contributed by atoms with Gasteiger partial charge in [0.25, 0.3) is 0 Å². The molecule has 2 fully saturated rings. The van der Waals surface area contributed by atoms with Crippen molar-refractivity contribution < 1.29 is 72.0 Å². The highest BCUT2D eigenvalue weighted by atomic mass is 19.1. The first-order valence-electron chi connectivity index (χ1n) is 22.0. The van der Waals surface area contributed by atoms with Gasteiger partial charge in [-0.25, -0.2) is 4.39 Å². The summed E-state index contributed by atoms with van der Waals surface area (Å²) >= 11 is 0. The number of aldehydes is 1. The van der Waals surface area contributed by atoms with E-state index in [9.17, 15) is 34.1 Å². The van der Waals surface area contributed by atoms with E-state index in [1.165, 1.54) is 19.2 Å². The maximum absolute atomic E-state index is 13.6. The molecule has 0 saturated carbocycles. The maximum Gasteiger partial charge on any atom is 0.308 e. The molecule has 0 bridgehead atoms. The molecule has 15 nitrogen and oxygen atoms in total. The van der Waals surface area contributed by atoms with Crippen molar-refractivity contribution in [2.45, 2.75) is 165 Å². The van der Waals surface area contributed by atoms with Gasteiger partial charge < -0.3 is 62.9 Å². The van der Waals surface area contributed by atoms with Gasteiger partial charge in [-0.15, -0.1) is 0 Å². The highest BCUT2D eigenvalue weighted by molar-refractivity contribution is 5.70. The van der Waals surface area contributed by atoms with Crippen LogP contribution in [0, 0.1) is 17.7 Å². The molecule has 2 saturated heterocycles. The molecule has 0 aliphatic carbocycles. The highest BCUT2D eigenvalue weighted by Gasteiger charge is 2.52. The van der Waals surface area contributed by atoms with Crippen LogP contribution in [0.5, 0.6) is 0 Å². The highest BCUT2D eigenvalue weighted by Crippen LogP contribution is 2.38. The van der Waals surface area contributed by atoms with Gasteiger partial charge in [0.1, 0.15) is 42.1 Å². The van der Waals surface area contributed by atoms with Crippen LogP contribution in [-0.2, 0) is 52.3 Å². The van der Waals surface area contributed by atoms with E-state index < -0.39 is 103 Å². The number of benzene rings is 1. The number of likely N-dealkylation sites (N-methyl/N-ethyl adjacent to an activating group) is 1. The quantitative estimate of drug-likeness (QED) is 0.172. The number of ether oxygens (including phenoxy) is 8. The topological polar surface area (TPSA) is 189 Å². The van der Waals surface area contributed by atoms with Crippen LogP contribution in [0.15, 0.2) is 54.6 Å². The van der Waals surface area contributed by atoms with E-state index in [0.29, 0.717) is 6.42 Å². The SMILES string of the molecule is CCC(=O)O[C@H]1[C@H](C)O[C@@H](O[C@H]2[C@H](N(C)C)[C@@H](O)[C@H](O[C@H]3[C@@H](CC=O)C[C@@H](C)[C@@H](O)/C=C/C=C/C[C@@H](C)OC(=O)C[C@@H](OC/C=C/c4ccc(F)cc4)[C@@H]3OC)O[C@@H]2C)C[C@@]1(C)O. The zero-order valence-electron chi connectivity index (χ0n) is 38.1. The number of carbonyl (C=O) groups excluding carboxylic acids is 3. The molecule has 354 valence electrons. The van der Waals surface area contributed by atoms with Gasteiger partial charge in [0.15, 0.2) is 18.7 Å². The van der Waals surface area contributed by atoms with E-state index in [1.54, 1.807) is 96.1 Å². The number of nitrogens with zero attached hydrogens (tertiary/aromatic N) is 1. The zero-order chi connectivity index (χ0) is 46.4. The first-order valence-corrected chi connectivity index (χ1v) is 22.0. The fraction of sp³-hybridized carbons (Fsp3) is 0.681. The summed E-state index contributed by atoms with van der Waals surface area (Å²) in [5.41, 5.74) is -0.767. The average molecular weight is 892 g/mol. The van der Waals surface area contributed by atoms with Gasteiger partial charge in [-0.2, -0.15) is 0 Å². The number of aliphatic hydroxyl groups excluding tert-OH is 2. The van der Waals surface area contributed by atoms with Gasteiger partial charge in [-0.05, 0) is 77.7 Å². The Morgan fingerprint density at radius 2 is 1.73 bits per heavy atom. The number of esters is 2. The lowest BCUT2D eigenvalue weighted by Gasteiger charge is -2.50. The van der Waals surface area contributed by atoms with Crippen LogP contribution in [0.4, 0.5) is 4.39 Å². The Hall–Kier alpha value is -3.42. The van der Waals surface area contributed by atoms with Gasteiger partial charge in [0.05, 0.1) is 49.6 Å². The number of cyclic esters (lactones) is 1. The summed E-state index contributed by atoms with van der Waals surface area (Å²) in [4.78, 5) is 40.0. The van der Waals surface area contributed by atoms with Crippen molar-refractivity contribution >= 4 is 24.3 Å². The Kier molecular flexibility index (Phi) is 20.5. The van der Waals surface area contributed by atoms with E-state index in [2.05, 4.69) is 0 Å². The van der Waals surface area contributed by atoms with Crippen LogP contribution in [-0.4, -0.2) is 152 Å². The summed E-state index contributed by atoms with van der Waals surface area (Å²) in [6, 6.07) is 5.14. The Morgan fingerprint density at radius 3 is 2.37 bits per heavy atom. The minimum absolute atomic E-state index is 0.00368. The third-order valence-electron chi connectivity index (χ3n) is 11.9. The molecule has 0 amide bonds. The zero-order valence-corrected chi connectivity index (χ0v) is 38.1. The van der Waals surface area contributed by atoms with Crippen molar-refractivity contribution in [1.82, 2.24) is 4.90 Å². The van der Waals surface area contributed by atoms with Crippen molar-refractivity contribution in [3.63, 3.8) is 0 Å².